The molecule has 8 aromatic heterocycles. The smallest absolute Gasteiger partial charge is 0.164 e. The standard InChI is InChI=1S/2C54H33N5S/c1-3-15-34(16-4-1)36-29-30-45-44(33-36)49-43-25-9-12-28-48(43)60-51(49)50(55-45)37-19-13-20-38(31-37)53-56-52(35-17-5-2-6-18-35)57-54(58-53)39-21-14-22-40(32-39)59-46-26-10-7-23-41(46)42-24-8-11-27-47(42)59;1-3-13-34(14-4-1)39-29-32-45-44(33-39)49-43-19-9-12-22-48(43)60-51(49)50(55-45)35-23-25-37(26-24-35)53-56-52(36-15-5-2-6-16-36)57-54(58-53)38-27-30-40(31-28-38)59-46-20-10-7-17-41(46)42-18-8-11-21-47(42)59/h2*1-33H. The first-order valence-corrected chi connectivity index (χ1v) is 41.7. The molecule has 0 bridgehead atoms. The van der Waals surface area contributed by atoms with Gasteiger partial charge in [0.1, 0.15) is 0 Å². The van der Waals surface area contributed by atoms with E-state index in [1.807, 2.05) is 60.7 Å². The van der Waals surface area contributed by atoms with E-state index in [9.17, 15) is 0 Å². The largest absolute Gasteiger partial charge is 0.309 e. The summed E-state index contributed by atoms with van der Waals surface area (Å²) in [6, 6.07) is 140. The lowest BCUT2D eigenvalue weighted by Crippen LogP contribution is -2.01. The second kappa shape index (κ2) is 29.3. The second-order valence-electron chi connectivity index (χ2n) is 30.1. The van der Waals surface area contributed by atoms with Crippen molar-refractivity contribution in [3.8, 4) is 124 Å². The van der Waals surface area contributed by atoms with Crippen LogP contribution < -0.4 is 0 Å². The van der Waals surface area contributed by atoms with Gasteiger partial charge in [-0.1, -0.05) is 297 Å². The fourth-order valence-electron chi connectivity index (χ4n) is 17.2. The Hall–Kier alpha value is -15.6. The van der Waals surface area contributed by atoms with E-state index in [4.69, 9.17) is 39.9 Å². The average molecular weight is 1570 g/mol. The topological polar surface area (TPSA) is 113 Å². The number of pyridine rings is 2. The average Bonchev–Trinajstić information content (AvgIpc) is 1.56. The second-order valence-corrected chi connectivity index (χ2v) is 32.2. The van der Waals surface area contributed by atoms with E-state index < -0.39 is 0 Å². The summed E-state index contributed by atoms with van der Waals surface area (Å²) in [5, 5.41) is 12.2. The maximum Gasteiger partial charge on any atom is 0.164 e. The summed E-state index contributed by atoms with van der Waals surface area (Å²) >= 11 is 3.60. The van der Waals surface area contributed by atoms with E-state index in [-0.39, 0.29) is 0 Å². The number of aromatic nitrogens is 10. The highest BCUT2D eigenvalue weighted by atomic mass is 32.1. The van der Waals surface area contributed by atoms with Crippen molar-refractivity contribution < 1.29 is 0 Å². The third-order valence-electron chi connectivity index (χ3n) is 22.9. The third kappa shape index (κ3) is 12.3. The zero-order valence-electron chi connectivity index (χ0n) is 64.4. The first kappa shape index (κ1) is 69.9. The van der Waals surface area contributed by atoms with Gasteiger partial charge in [-0.3, -0.25) is 0 Å². The number of hydrogen-bond donors (Lipinski definition) is 0. The van der Waals surface area contributed by atoms with Gasteiger partial charge in [0.25, 0.3) is 0 Å². The van der Waals surface area contributed by atoms with Crippen LogP contribution in [0.4, 0.5) is 0 Å². The van der Waals surface area contributed by atoms with Crippen LogP contribution in [0.2, 0.25) is 0 Å². The van der Waals surface area contributed by atoms with Gasteiger partial charge < -0.3 is 9.13 Å². The molecule has 0 unspecified atom stereocenters. The molecule has 16 aromatic carbocycles. The molecule has 120 heavy (non-hydrogen) atoms. The molecule has 8 heterocycles. The van der Waals surface area contributed by atoms with Crippen LogP contribution in [0.5, 0.6) is 0 Å². The Morgan fingerprint density at radius 2 is 0.475 bits per heavy atom. The Kier molecular flexibility index (Phi) is 17.1. The molecule has 0 saturated carbocycles. The number of nitrogens with zero attached hydrogens (tertiary/aromatic N) is 10. The summed E-state index contributed by atoms with van der Waals surface area (Å²) in [6.45, 7) is 0. The Bertz CT molecular complexity index is 8040. The number of rotatable bonds is 12. The molecular weight excluding hydrogens is 1500 g/mol. The first-order chi connectivity index (χ1) is 59.5. The number of fused-ring (bicyclic) bond motifs is 16. The molecule has 0 aliphatic rings. The Morgan fingerprint density at radius 1 is 0.175 bits per heavy atom. The van der Waals surface area contributed by atoms with Crippen molar-refractivity contribution in [3.05, 3.63) is 400 Å². The number of benzene rings is 16. The van der Waals surface area contributed by atoms with Crippen molar-refractivity contribution in [2.75, 3.05) is 0 Å². The summed E-state index contributed by atoms with van der Waals surface area (Å²) < 4.78 is 9.48. The van der Waals surface area contributed by atoms with Crippen molar-refractivity contribution >= 4 is 128 Å². The van der Waals surface area contributed by atoms with Crippen LogP contribution in [0.3, 0.4) is 0 Å². The van der Waals surface area contributed by atoms with E-state index in [1.165, 1.54) is 95.9 Å². The Morgan fingerprint density at radius 3 is 0.908 bits per heavy atom. The minimum atomic E-state index is 0.601. The van der Waals surface area contributed by atoms with Gasteiger partial charge in [-0.15, -0.1) is 22.7 Å². The normalized spacial score (nSPS) is 11.7. The maximum atomic E-state index is 5.40. The minimum Gasteiger partial charge on any atom is -0.309 e. The molecule has 0 N–H and O–H groups in total. The number of para-hydroxylation sites is 4. The van der Waals surface area contributed by atoms with Crippen LogP contribution in [0.25, 0.3) is 230 Å². The van der Waals surface area contributed by atoms with Crippen molar-refractivity contribution in [1.82, 2.24) is 49.0 Å². The number of thiophene rings is 2. The molecule has 0 atom stereocenters. The fraction of sp³-hybridized carbons (Fsp3) is 0. The summed E-state index contributed by atoms with van der Waals surface area (Å²) in [6.07, 6.45) is 0. The predicted octanol–water partition coefficient (Wildman–Crippen LogP) is 28.4. The van der Waals surface area contributed by atoms with Gasteiger partial charge >= 0.3 is 0 Å². The molecule has 0 amide bonds. The van der Waals surface area contributed by atoms with Gasteiger partial charge in [-0.05, 0) is 125 Å². The van der Waals surface area contributed by atoms with Crippen LogP contribution in [-0.2, 0) is 0 Å². The molecule has 0 saturated heterocycles. The lowest BCUT2D eigenvalue weighted by atomic mass is 9.98. The molecule has 0 spiro atoms. The Labute approximate surface area is 697 Å². The molecule has 24 aromatic rings. The van der Waals surface area contributed by atoms with Crippen molar-refractivity contribution in [1.29, 1.82) is 0 Å². The molecular formula is C108H66N10S2. The van der Waals surface area contributed by atoms with E-state index in [0.717, 1.165) is 99.4 Å². The quantitative estimate of drug-likeness (QED) is 0.119. The monoisotopic (exact) mass is 1570 g/mol. The molecule has 0 aliphatic carbocycles. The van der Waals surface area contributed by atoms with E-state index >= 15 is 0 Å². The van der Waals surface area contributed by atoms with Crippen molar-refractivity contribution in [3.63, 3.8) is 0 Å². The molecule has 10 nitrogen and oxygen atoms in total. The highest BCUT2D eigenvalue weighted by Gasteiger charge is 2.24. The summed E-state index contributed by atoms with van der Waals surface area (Å²) in [5.74, 6) is 3.69. The zero-order valence-corrected chi connectivity index (χ0v) is 66.0. The van der Waals surface area contributed by atoms with E-state index in [0.29, 0.717) is 34.9 Å². The molecule has 0 fully saturated rings. The molecule has 0 radical (unpaired) electrons. The van der Waals surface area contributed by atoms with Crippen LogP contribution in [0.1, 0.15) is 0 Å². The van der Waals surface area contributed by atoms with Crippen LogP contribution in [0.15, 0.2) is 400 Å². The van der Waals surface area contributed by atoms with E-state index in [1.54, 1.807) is 22.7 Å². The summed E-state index contributed by atoms with van der Waals surface area (Å²) in [4.78, 5) is 41.4. The lowest BCUT2D eigenvalue weighted by molar-refractivity contribution is 1.07. The highest BCUT2D eigenvalue weighted by molar-refractivity contribution is 7.27. The molecule has 560 valence electrons. The maximum absolute atomic E-state index is 5.40. The van der Waals surface area contributed by atoms with Gasteiger partial charge in [0, 0.05) is 119 Å². The summed E-state index contributed by atoms with van der Waals surface area (Å²) in [7, 11) is 0. The first-order valence-electron chi connectivity index (χ1n) is 40.1. The zero-order chi connectivity index (χ0) is 79.1. The Balaban J connectivity index is 0.000000140. The van der Waals surface area contributed by atoms with Gasteiger partial charge in [0.2, 0.25) is 0 Å². The van der Waals surface area contributed by atoms with Crippen molar-refractivity contribution in [2.24, 2.45) is 0 Å². The highest BCUT2D eigenvalue weighted by Crippen LogP contribution is 2.47. The van der Waals surface area contributed by atoms with Crippen molar-refractivity contribution in [2.45, 2.75) is 0 Å². The molecule has 0 aliphatic heterocycles. The van der Waals surface area contributed by atoms with Gasteiger partial charge in [-0.2, -0.15) is 0 Å². The van der Waals surface area contributed by atoms with Crippen LogP contribution in [0, 0.1) is 0 Å². The molecule has 12 heteroatoms. The summed E-state index contributed by atoms with van der Waals surface area (Å²) in [5.41, 5.74) is 22.9. The van der Waals surface area contributed by atoms with Crippen LogP contribution in [-0.4, -0.2) is 49.0 Å². The van der Waals surface area contributed by atoms with Gasteiger partial charge in [0.15, 0.2) is 34.9 Å². The van der Waals surface area contributed by atoms with Crippen LogP contribution >= 0.6 is 22.7 Å². The predicted molar refractivity (Wildman–Crippen MR) is 499 cm³/mol. The lowest BCUT2D eigenvalue weighted by Gasteiger charge is -2.12. The van der Waals surface area contributed by atoms with Gasteiger partial charge in [0.05, 0.1) is 53.9 Å². The SMILES string of the molecule is c1ccc(-c2ccc3nc(-c4ccc(-c5nc(-c6ccccc6)nc(-c6ccc(-n7c8ccccc8c8ccccc87)cc6)n5)cc4)c4sc5ccccc5c4c3c2)cc1.c1ccc(-c2ccc3nc(-c4cccc(-c5nc(-c6ccccc6)nc(-c6cccc(-n7c8ccccc8c8ccccc87)c6)n5)c4)c4sc5ccccc5c4c3c2)cc1. The fourth-order valence-corrected chi connectivity index (χ4v) is 19.7. The van der Waals surface area contributed by atoms with E-state index in [2.05, 4.69) is 349 Å². The minimum absolute atomic E-state index is 0.601. The van der Waals surface area contributed by atoms with Gasteiger partial charge in [-0.25, -0.2) is 39.9 Å². The molecule has 24 rings (SSSR count). The number of hydrogen-bond acceptors (Lipinski definition) is 10. The third-order valence-corrected chi connectivity index (χ3v) is 25.2.